The highest BCUT2D eigenvalue weighted by atomic mass is 16.5. The van der Waals surface area contributed by atoms with Crippen LogP contribution in [0, 0.1) is 11.3 Å². The molecule has 2 heterocycles. The van der Waals surface area contributed by atoms with E-state index in [1.54, 1.807) is 19.9 Å². The molecule has 5 rings (SSSR count). The van der Waals surface area contributed by atoms with Gasteiger partial charge in [-0.1, -0.05) is 19.1 Å². The predicted molar refractivity (Wildman–Crippen MR) is 123 cm³/mol. The lowest BCUT2D eigenvalue weighted by Gasteiger charge is -2.53. The topological polar surface area (TPSA) is 113 Å². The van der Waals surface area contributed by atoms with Crippen molar-refractivity contribution in [1.29, 1.82) is 0 Å². The zero-order chi connectivity index (χ0) is 24.7. The second kappa shape index (κ2) is 7.19. The number of allylic oxidation sites excluding steroid dienone is 4. The highest BCUT2D eigenvalue weighted by molar-refractivity contribution is 6.15. The average Bonchev–Trinajstić information content (AvgIpc) is 3.05. The number of methoxy groups -OCH3 is 1. The molecule has 0 unspecified atom stereocenters. The van der Waals surface area contributed by atoms with Crippen LogP contribution in [0.1, 0.15) is 44.7 Å². The minimum atomic E-state index is -1.12. The minimum absolute atomic E-state index is 0.0124. The predicted octanol–water partition coefficient (Wildman–Crippen LogP) is 1.84. The normalized spacial score (nSPS) is 28.3. The molecule has 4 atom stereocenters. The van der Waals surface area contributed by atoms with Crippen molar-refractivity contribution in [1.82, 2.24) is 13.9 Å². The molecular formula is C25H27N3O6. The van der Waals surface area contributed by atoms with Crippen LogP contribution < -0.4 is 16.1 Å². The molecule has 0 spiro atoms. The summed E-state index contributed by atoms with van der Waals surface area (Å²) in [7, 11) is 2.91. The number of hydrogen-bond acceptors (Lipinski definition) is 6. The van der Waals surface area contributed by atoms with Crippen LogP contribution in [0.4, 0.5) is 0 Å². The molecule has 178 valence electrons. The van der Waals surface area contributed by atoms with Crippen LogP contribution in [0.15, 0.2) is 50.6 Å². The molecular weight excluding hydrogens is 438 g/mol. The van der Waals surface area contributed by atoms with E-state index < -0.39 is 34.7 Å². The molecule has 0 saturated heterocycles. The molecule has 1 aromatic heterocycles. The van der Waals surface area contributed by atoms with Crippen molar-refractivity contribution in [2.24, 2.45) is 18.4 Å². The van der Waals surface area contributed by atoms with Crippen LogP contribution >= 0.6 is 0 Å². The van der Waals surface area contributed by atoms with Crippen LogP contribution in [0.2, 0.25) is 0 Å². The van der Waals surface area contributed by atoms with Gasteiger partial charge in [0.05, 0.1) is 25.1 Å². The maximum Gasteiger partial charge on any atom is 0.347 e. The molecule has 9 heteroatoms. The van der Waals surface area contributed by atoms with E-state index in [1.165, 1.54) is 35.7 Å². The number of ketones is 2. The van der Waals surface area contributed by atoms with Crippen molar-refractivity contribution < 1.29 is 19.4 Å². The van der Waals surface area contributed by atoms with Gasteiger partial charge < -0.3 is 9.84 Å². The molecule has 9 nitrogen and oxygen atoms in total. The Morgan fingerprint density at radius 3 is 2.47 bits per heavy atom. The molecule has 3 aliphatic rings. The van der Waals surface area contributed by atoms with E-state index in [0.29, 0.717) is 22.5 Å². The number of benzene rings is 1. The van der Waals surface area contributed by atoms with Gasteiger partial charge in [-0.05, 0) is 43.1 Å². The van der Waals surface area contributed by atoms with Gasteiger partial charge >= 0.3 is 11.4 Å². The molecule has 1 N–H and O–H groups in total. The number of aromatic nitrogens is 3. The summed E-state index contributed by atoms with van der Waals surface area (Å²) in [6.45, 7) is 5.34. The third-order valence-electron chi connectivity index (χ3n) is 8.15. The molecule has 34 heavy (non-hydrogen) atoms. The average molecular weight is 466 g/mol. The maximum absolute atomic E-state index is 13.9. The summed E-state index contributed by atoms with van der Waals surface area (Å²) in [5.41, 5.74) is 0.318. The van der Waals surface area contributed by atoms with E-state index in [2.05, 4.69) is 0 Å². The number of fused-ring (bicyclic) bond motifs is 4. The van der Waals surface area contributed by atoms with E-state index >= 15 is 0 Å². The van der Waals surface area contributed by atoms with E-state index in [-0.39, 0.29) is 30.3 Å². The fraction of sp³-hybridized carbons (Fsp3) is 0.440. The summed E-state index contributed by atoms with van der Waals surface area (Å²) in [6.07, 6.45) is 2.12. The second-order valence-corrected chi connectivity index (χ2v) is 9.64. The van der Waals surface area contributed by atoms with Crippen LogP contribution in [0.3, 0.4) is 0 Å². The van der Waals surface area contributed by atoms with E-state index in [9.17, 15) is 24.3 Å². The Labute approximate surface area is 195 Å². The molecule has 2 aliphatic carbocycles. The largest absolute Gasteiger partial charge is 0.508 e. The number of rotatable bonds is 2. The van der Waals surface area contributed by atoms with E-state index in [4.69, 9.17) is 4.74 Å². The Morgan fingerprint density at radius 1 is 1.09 bits per heavy atom. The SMILES string of the molecule is COc1cc(O)ccc1[C@H]1C2=CCn3c(=O)n(C)c(=O)n3[C@@H]2C[C@H]2C(=O)C(C)=C(C)C(=O)[C@@]12C. The first-order chi connectivity index (χ1) is 16.0. The standard InChI is InChI=1S/C25H27N3O6/c1-12-13(2)22(31)25(3)17(21(12)30)11-18-15(8-9-27-23(32)26(4)24(33)28(18)27)20(25)16-7-6-14(29)10-19(16)34-5/h6-8,10,17-18,20,29H,9,11H2,1-5H3/t17-,18+,20+,25+/m0/s1. The first kappa shape index (κ1) is 22.2. The smallest absolute Gasteiger partial charge is 0.347 e. The summed E-state index contributed by atoms with van der Waals surface area (Å²) in [5, 5.41) is 10.1. The molecule has 0 amide bonds. The molecule has 1 aliphatic heterocycles. The molecule has 0 bridgehead atoms. The van der Waals surface area contributed by atoms with Gasteiger partial charge in [0.25, 0.3) is 0 Å². The van der Waals surface area contributed by atoms with Crippen LogP contribution in [0.5, 0.6) is 11.5 Å². The van der Waals surface area contributed by atoms with Gasteiger partial charge in [-0.15, -0.1) is 0 Å². The van der Waals surface area contributed by atoms with Crippen LogP contribution in [-0.2, 0) is 23.2 Å². The number of aromatic hydroxyl groups is 1. The van der Waals surface area contributed by atoms with Crippen molar-refractivity contribution in [3.05, 3.63) is 67.5 Å². The summed E-state index contributed by atoms with van der Waals surface area (Å²) < 4.78 is 9.45. The van der Waals surface area contributed by atoms with Gasteiger partial charge in [-0.2, -0.15) is 0 Å². The molecule has 1 saturated carbocycles. The lowest BCUT2D eigenvalue weighted by atomic mass is 9.50. The fourth-order valence-electron chi connectivity index (χ4n) is 6.23. The molecule has 0 radical (unpaired) electrons. The summed E-state index contributed by atoms with van der Waals surface area (Å²) in [5.74, 6) is -1.12. The number of hydrogen-bond donors (Lipinski definition) is 1. The summed E-state index contributed by atoms with van der Waals surface area (Å²) in [4.78, 5) is 53.2. The Bertz CT molecular complexity index is 1450. The van der Waals surface area contributed by atoms with Crippen LogP contribution in [-0.4, -0.2) is 37.7 Å². The zero-order valence-electron chi connectivity index (χ0n) is 19.8. The van der Waals surface area contributed by atoms with Crippen molar-refractivity contribution in [2.75, 3.05) is 7.11 Å². The molecule has 1 fully saturated rings. The second-order valence-electron chi connectivity index (χ2n) is 9.64. The number of Topliss-reactive ketones (excluding diaryl/α,β-unsaturated/α-hetero) is 2. The maximum atomic E-state index is 13.9. The van der Waals surface area contributed by atoms with E-state index in [0.717, 1.165) is 10.1 Å². The van der Waals surface area contributed by atoms with Gasteiger partial charge in [0.2, 0.25) is 0 Å². The Morgan fingerprint density at radius 2 is 1.79 bits per heavy atom. The number of phenols is 1. The highest BCUT2D eigenvalue weighted by Crippen LogP contribution is 2.61. The first-order valence-corrected chi connectivity index (χ1v) is 11.3. The Balaban J connectivity index is 1.83. The minimum Gasteiger partial charge on any atom is -0.508 e. The van der Waals surface area contributed by atoms with Gasteiger partial charge in [-0.3, -0.25) is 9.59 Å². The van der Waals surface area contributed by atoms with E-state index in [1.807, 2.05) is 13.0 Å². The monoisotopic (exact) mass is 465 g/mol. The van der Waals surface area contributed by atoms with Crippen LogP contribution in [0.25, 0.3) is 0 Å². The third-order valence-corrected chi connectivity index (χ3v) is 8.15. The fourth-order valence-corrected chi connectivity index (χ4v) is 6.23. The van der Waals surface area contributed by atoms with Crippen molar-refractivity contribution >= 4 is 11.6 Å². The lowest BCUT2D eigenvalue weighted by molar-refractivity contribution is -0.140. The van der Waals surface area contributed by atoms with Gasteiger partial charge in [-0.25, -0.2) is 23.5 Å². The Kier molecular flexibility index (Phi) is 4.69. The number of carbonyl (C=O) groups excluding carboxylic acids is 2. The number of phenolic OH excluding ortho intramolecular Hbond substituents is 1. The third kappa shape index (κ3) is 2.60. The van der Waals surface area contributed by atoms with Gasteiger partial charge in [0.1, 0.15) is 11.5 Å². The highest BCUT2D eigenvalue weighted by Gasteiger charge is 2.60. The van der Waals surface area contributed by atoms with Gasteiger partial charge in [0.15, 0.2) is 11.6 Å². The Hall–Kier alpha value is -3.62. The first-order valence-electron chi connectivity index (χ1n) is 11.3. The number of carbonyl (C=O) groups is 2. The molecule has 1 aromatic carbocycles. The summed E-state index contributed by atoms with van der Waals surface area (Å²) >= 11 is 0. The summed E-state index contributed by atoms with van der Waals surface area (Å²) in [6, 6.07) is 4.14. The van der Waals surface area contributed by atoms with Crippen molar-refractivity contribution in [3.8, 4) is 11.5 Å². The molecule has 2 aromatic rings. The van der Waals surface area contributed by atoms with Crippen molar-refractivity contribution in [2.45, 2.75) is 45.7 Å². The number of nitrogens with zero attached hydrogens (tertiary/aromatic N) is 3. The van der Waals surface area contributed by atoms with Crippen molar-refractivity contribution in [3.63, 3.8) is 0 Å². The zero-order valence-corrected chi connectivity index (χ0v) is 19.8. The lowest BCUT2D eigenvalue weighted by Crippen LogP contribution is -2.55. The number of ether oxygens (including phenoxy) is 1. The van der Waals surface area contributed by atoms with Gasteiger partial charge in [0, 0.05) is 30.5 Å². The quantitative estimate of drug-likeness (QED) is 0.678.